The fourth-order valence-corrected chi connectivity index (χ4v) is 3.31. The van der Waals surface area contributed by atoms with Crippen molar-refractivity contribution in [2.24, 2.45) is 0 Å². The Kier molecular flexibility index (Phi) is 7.23. The van der Waals surface area contributed by atoms with Gasteiger partial charge in [-0.05, 0) is 48.0 Å². The fraction of sp³-hybridized carbons (Fsp3) is 0.107. The molecule has 5 heteroatoms. The van der Waals surface area contributed by atoms with Gasteiger partial charge < -0.3 is 19.5 Å². The van der Waals surface area contributed by atoms with E-state index in [1.807, 2.05) is 78.9 Å². The third kappa shape index (κ3) is 5.92. The molecule has 5 nitrogen and oxygen atoms in total. The summed E-state index contributed by atoms with van der Waals surface area (Å²) < 4.78 is 17.1. The second kappa shape index (κ2) is 10.9. The van der Waals surface area contributed by atoms with E-state index in [9.17, 15) is 4.79 Å². The minimum Gasteiger partial charge on any atom is -0.496 e. The van der Waals surface area contributed by atoms with Crippen LogP contribution in [0.15, 0.2) is 103 Å². The molecule has 0 aromatic heterocycles. The van der Waals surface area contributed by atoms with Crippen LogP contribution in [0.5, 0.6) is 17.2 Å². The number of hydrogen-bond donors (Lipinski definition) is 1. The van der Waals surface area contributed by atoms with Gasteiger partial charge in [0.2, 0.25) is 0 Å². The Hall–Kier alpha value is -4.25. The van der Waals surface area contributed by atoms with Crippen molar-refractivity contribution >= 4 is 11.6 Å². The summed E-state index contributed by atoms with van der Waals surface area (Å²) in [6.45, 7) is 0.799. The Morgan fingerprint density at radius 2 is 1.36 bits per heavy atom. The molecule has 4 aromatic rings. The number of ether oxygens (including phenoxy) is 3. The van der Waals surface area contributed by atoms with Crippen molar-refractivity contribution in [3.05, 3.63) is 120 Å². The average Bonchev–Trinajstić information content (AvgIpc) is 2.88. The lowest BCUT2D eigenvalue weighted by Gasteiger charge is -2.13. The second-order valence-corrected chi connectivity index (χ2v) is 7.35. The number of amides is 1. The Labute approximate surface area is 193 Å². The van der Waals surface area contributed by atoms with Crippen LogP contribution >= 0.6 is 0 Å². The normalized spacial score (nSPS) is 10.3. The Morgan fingerprint density at radius 3 is 2.12 bits per heavy atom. The molecule has 4 rings (SSSR count). The van der Waals surface area contributed by atoms with Crippen molar-refractivity contribution in [3.63, 3.8) is 0 Å². The summed E-state index contributed by atoms with van der Waals surface area (Å²) in [6.07, 6.45) is 0. The molecule has 4 aromatic carbocycles. The number of nitrogens with one attached hydrogen (secondary N) is 1. The quantitative estimate of drug-likeness (QED) is 0.342. The lowest BCUT2D eigenvalue weighted by molar-refractivity contribution is 0.102. The lowest BCUT2D eigenvalue weighted by Crippen LogP contribution is -2.13. The monoisotopic (exact) mass is 439 g/mol. The molecule has 166 valence electrons. The number of rotatable bonds is 9. The first-order chi connectivity index (χ1) is 16.2. The highest BCUT2D eigenvalue weighted by Gasteiger charge is 2.11. The van der Waals surface area contributed by atoms with Crippen molar-refractivity contribution < 1.29 is 19.0 Å². The molecule has 1 amide bonds. The number of carbonyl (C=O) groups is 1. The van der Waals surface area contributed by atoms with Gasteiger partial charge in [-0.3, -0.25) is 4.79 Å². The van der Waals surface area contributed by atoms with Gasteiger partial charge in [0.1, 0.15) is 30.5 Å². The van der Waals surface area contributed by atoms with Gasteiger partial charge >= 0.3 is 0 Å². The van der Waals surface area contributed by atoms with Crippen LogP contribution < -0.4 is 19.5 Å². The van der Waals surface area contributed by atoms with Gasteiger partial charge in [-0.2, -0.15) is 0 Å². The molecule has 0 radical (unpaired) electrons. The molecule has 0 fully saturated rings. The fourth-order valence-electron chi connectivity index (χ4n) is 3.31. The largest absolute Gasteiger partial charge is 0.496 e. The van der Waals surface area contributed by atoms with Gasteiger partial charge in [-0.15, -0.1) is 0 Å². The van der Waals surface area contributed by atoms with E-state index >= 15 is 0 Å². The Balaban J connectivity index is 1.37. The molecule has 0 spiro atoms. The van der Waals surface area contributed by atoms with Crippen molar-refractivity contribution in [1.29, 1.82) is 0 Å². The Bertz CT molecular complexity index is 1190. The van der Waals surface area contributed by atoms with Crippen molar-refractivity contribution in [2.75, 3.05) is 12.4 Å². The molecule has 0 aliphatic heterocycles. The van der Waals surface area contributed by atoms with Crippen LogP contribution in [0.1, 0.15) is 21.5 Å². The zero-order valence-corrected chi connectivity index (χ0v) is 18.4. The van der Waals surface area contributed by atoms with Crippen molar-refractivity contribution in [3.8, 4) is 17.2 Å². The number of carbonyl (C=O) groups excluding carboxylic acids is 1. The van der Waals surface area contributed by atoms with Crippen LogP contribution in [0.25, 0.3) is 0 Å². The molecule has 0 saturated heterocycles. The second-order valence-electron chi connectivity index (χ2n) is 7.35. The van der Waals surface area contributed by atoms with Crippen LogP contribution in [0, 0.1) is 0 Å². The van der Waals surface area contributed by atoms with E-state index in [1.54, 1.807) is 31.4 Å². The van der Waals surface area contributed by atoms with Gasteiger partial charge in [0.25, 0.3) is 5.91 Å². The molecule has 0 unspecified atom stereocenters. The van der Waals surface area contributed by atoms with Gasteiger partial charge in [0.05, 0.1) is 12.8 Å². The van der Waals surface area contributed by atoms with E-state index in [4.69, 9.17) is 14.2 Å². The van der Waals surface area contributed by atoms with Crippen LogP contribution in [0.2, 0.25) is 0 Å². The van der Waals surface area contributed by atoms with E-state index in [0.717, 1.165) is 16.9 Å². The summed E-state index contributed by atoms with van der Waals surface area (Å²) in [5.74, 6) is 1.85. The van der Waals surface area contributed by atoms with Gasteiger partial charge in [0.15, 0.2) is 0 Å². The first kappa shape index (κ1) is 22.0. The highest BCUT2D eigenvalue weighted by Crippen LogP contribution is 2.26. The van der Waals surface area contributed by atoms with E-state index in [2.05, 4.69) is 5.32 Å². The Morgan fingerprint density at radius 1 is 0.697 bits per heavy atom. The molecule has 0 atom stereocenters. The number of methoxy groups -OCH3 is 1. The summed E-state index contributed by atoms with van der Waals surface area (Å²) in [5.41, 5.74) is 3.16. The first-order valence-electron chi connectivity index (χ1n) is 10.6. The van der Waals surface area contributed by atoms with Crippen molar-refractivity contribution in [2.45, 2.75) is 13.2 Å². The third-order valence-electron chi connectivity index (χ3n) is 5.08. The number of benzene rings is 4. The maximum Gasteiger partial charge on any atom is 0.255 e. The zero-order chi connectivity index (χ0) is 22.9. The molecular weight excluding hydrogens is 414 g/mol. The number of para-hydroxylation sites is 3. The SMILES string of the molecule is COc1ccccc1COc1ccc(C(=O)Nc2ccccc2OCc2ccccc2)cc1. The average molecular weight is 440 g/mol. The summed E-state index contributed by atoms with van der Waals surface area (Å²) >= 11 is 0. The maximum atomic E-state index is 12.8. The predicted octanol–water partition coefficient (Wildman–Crippen LogP) is 6.11. The van der Waals surface area contributed by atoms with Crippen molar-refractivity contribution in [1.82, 2.24) is 0 Å². The van der Waals surface area contributed by atoms with Gasteiger partial charge in [-0.25, -0.2) is 0 Å². The first-order valence-corrected chi connectivity index (χ1v) is 10.6. The highest BCUT2D eigenvalue weighted by atomic mass is 16.5. The smallest absolute Gasteiger partial charge is 0.255 e. The minimum absolute atomic E-state index is 0.220. The molecule has 0 aliphatic carbocycles. The lowest BCUT2D eigenvalue weighted by atomic mass is 10.2. The van der Waals surface area contributed by atoms with Gasteiger partial charge in [-0.1, -0.05) is 60.7 Å². The number of hydrogen-bond acceptors (Lipinski definition) is 4. The molecule has 1 N–H and O–H groups in total. The van der Waals surface area contributed by atoms with Crippen LogP contribution in [0.3, 0.4) is 0 Å². The zero-order valence-electron chi connectivity index (χ0n) is 18.4. The molecule has 0 aliphatic rings. The van der Waals surface area contributed by atoms with E-state index < -0.39 is 0 Å². The predicted molar refractivity (Wildman–Crippen MR) is 129 cm³/mol. The third-order valence-corrected chi connectivity index (χ3v) is 5.08. The maximum absolute atomic E-state index is 12.8. The summed E-state index contributed by atoms with van der Waals surface area (Å²) in [7, 11) is 1.64. The van der Waals surface area contributed by atoms with E-state index in [-0.39, 0.29) is 5.91 Å². The minimum atomic E-state index is -0.220. The molecule has 0 heterocycles. The van der Waals surface area contributed by atoms with E-state index in [1.165, 1.54) is 0 Å². The molecule has 0 bridgehead atoms. The summed E-state index contributed by atoms with van der Waals surface area (Å²) in [4.78, 5) is 12.8. The highest BCUT2D eigenvalue weighted by molar-refractivity contribution is 6.05. The molecule has 0 saturated carbocycles. The van der Waals surface area contributed by atoms with Crippen LogP contribution in [-0.4, -0.2) is 13.0 Å². The summed E-state index contributed by atoms with van der Waals surface area (Å²) in [6, 6.07) is 32.0. The summed E-state index contributed by atoms with van der Waals surface area (Å²) in [5, 5.41) is 2.93. The van der Waals surface area contributed by atoms with Crippen LogP contribution in [0.4, 0.5) is 5.69 Å². The standard InChI is InChI=1S/C28H25NO4/c1-31-26-13-7-5-11-23(26)20-32-24-17-15-22(16-18-24)28(30)29-25-12-6-8-14-27(25)33-19-21-9-3-2-4-10-21/h2-18H,19-20H2,1H3,(H,29,30). The topological polar surface area (TPSA) is 56.8 Å². The molecule has 33 heavy (non-hydrogen) atoms. The van der Waals surface area contributed by atoms with E-state index in [0.29, 0.717) is 36.0 Å². The van der Waals surface area contributed by atoms with Gasteiger partial charge in [0, 0.05) is 11.1 Å². The number of anilines is 1. The molecular formula is C28H25NO4. The van der Waals surface area contributed by atoms with Crippen LogP contribution in [-0.2, 0) is 13.2 Å².